The van der Waals surface area contributed by atoms with Crippen LogP contribution >= 0.6 is 0 Å². The van der Waals surface area contributed by atoms with Crippen LogP contribution in [0.25, 0.3) is 0 Å². The smallest absolute Gasteiger partial charge is 0.411 e. The molecule has 1 unspecified atom stereocenters. The van der Waals surface area contributed by atoms with Gasteiger partial charge in [0, 0.05) is 31.3 Å². The summed E-state index contributed by atoms with van der Waals surface area (Å²) in [4.78, 5) is 28.0. The van der Waals surface area contributed by atoms with E-state index in [1.807, 2.05) is 23.1 Å². The van der Waals surface area contributed by atoms with Gasteiger partial charge in [-0.1, -0.05) is 30.3 Å². The molecule has 2 aliphatic carbocycles. The standard InChI is InChI=1S/C20H24N2O4/c23-17(24)21-10-11-22-18(25)26-20(15-6-7-15,16-8-9-16)19(22,13-21)12-14-4-2-1-3-5-14/h1-5,15-16H,6-13H2,(H,23,24). The maximum absolute atomic E-state index is 12.9. The van der Waals surface area contributed by atoms with Gasteiger partial charge in [-0.2, -0.15) is 0 Å². The fourth-order valence-corrected chi connectivity index (χ4v) is 5.48. The number of rotatable bonds is 4. The Kier molecular flexibility index (Phi) is 3.30. The van der Waals surface area contributed by atoms with E-state index in [2.05, 4.69) is 12.1 Å². The zero-order valence-corrected chi connectivity index (χ0v) is 14.8. The molecule has 0 bridgehead atoms. The lowest BCUT2D eigenvalue weighted by atomic mass is 9.68. The van der Waals surface area contributed by atoms with Crippen molar-refractivity contribution in [3.63, 3.8) is 0 Å². The minimum Gasteiger partial charge on any atom is -0.465 e. The minimum absolute atomic E-state index is 0.246. The first-order chi connectivity index (χ1) is 12.6. The van der Waals surface area contributed by atoms with E-state index in [-0.39, 0.29) is 6.09 Å². The number of benzene rings is 1. The average molecular weight is 356 g/mol. The minimum atomic E-state index is -0.906. The van der Waals surface area contributed by atoms with Crippen molar-refractivity contribution in [3.05, 3.63) is 35.9 Å². The number of piperazine rings is 1. The molecule has 4 fully saturated rings. The number of cyclic esters (lactones) is 1. The van der Waals surface area contributed by atoms with E-state index in [0.717, 1.165) is 31.2 Å². The van der Waals surface area contributed by atoms with Gasteiger partial charge in [0.25, 0.3) is 0 Å². The van der Waals surface area contributed by atoms with Crippen LogP contribution in [0.1, 0.15) is 31.2 Å². The van der Waals surface area contributed by atoms with Crippen LogP contribution in [0.4, 0.5) is 9.59 Å². The number of nitrogens with zero attached hydrogens (tertiary/aromatic N) is 2. The third-order valence-corrected chi connectivity index (χ3v) is 6.74. The Morgan fingerprint density at radius 1 is 1.12 bits per heavy atom. The van der Waals surface area contributed by atoms with Crippen molar-refractivity contribution in [2.24, 2.45) is 11.8 Å². The van der Waals surface area contributed by atoms with Crippen molar-refractivity contribution >= 4 is 12.2 Å². The molecular formula is C20H24N2O4. The summed E-state index contributed by atoms with van der Waals surface area (Å²) in [6, 6.07) is 10.1. The van der Waals surface area contributed by atoms with Crippen LogP contribution in [0.5, 0.6) is 0 Å². The lowest BCUT2D eigenvalue weighted by Gasteiger charge is -2.52. The molecule has 26 heavy (non-hydrogen) atoms. The summed E-state index contributed by atoms with van der Waals surface area (Å²) in [5, 5.41) is 9.66. The quantitative estimate of drug-likeness (QED) is 0.900. The average Bonchev–Trinajstić information content (AvgIpc) is 3.54. The molecule has 1 aromatic rings. The van der Waals surface area contributed by atoms with E-state index >= 15 is 0 Å². The third kappa shape index (κ3) is 2.10. The van der Waals surface area contributed by atoms with Crippen LogP contribution in [-0.2, 0) is 11.2 Å². The number of amides is 2. The fourth-order valence-electron chi connectivity index (χ4n) is 5.48. The molecule has 2 amide bonds. The zero-order chi connectivity index (χ0) is 17.9. The van der Waals surface area contributed by atoms with Crippen LogP contribution in [0, 0.1) is 11.8 Å². The van der Waals surface area contributed by atoms with Crippen molar-refractivity contribution in [2.45, 2.75) is 43.2 Å². The number of carboxylic acid groups (broad SMARTS) is 1. The molecule has 138 valence electrons. The second kappa shape index (κ2) is 5.38. The van der Waals surface area contributed by atoms with Crippen molar-refractivity contribution < 1.29 is 19.4 Å². The molecule has 1 N–H and O–H groups in total. The SMILES string of the molecule is O=C(O)N1CCN2C(=O)OC(C3CC3)(C3CC3)C2(Cc2ccccc2)C1. The van der Waals surface area contributed by atoms with Crippen LogP contribution in [0.2, 0.25) is 0 Å². The molecule has 2 aliphatic heterocycles. The normalized spacial score (nSPS) is 30.1. The molecule has 2 heterocycles. The van der Waals surface area contributed by atoms with Crippen molar-refractivity contribution in [1.82, 2.24) is 9.80 Å². The predicted molar refractivity (Wildman–Crippen MR) is 93.8 cm³/mol. The Bertz CT molecular complexity index is 731. The first kappa shape index (κ1) is 16.0. The molecule has 5 rings (SSSR count). The van der Waals surface area contributed by atoms with Gasteiger partial charge >= 0.3 is 12.2 Å². The number of hydrogen-bond donors (Lipinski definition) is 1. The number of carbonyl (C=O) groups excluding carboxylic acids is 1. The van der Waals surface area contributed by atoms with Crippen LogP contribution in [0.15, 0.2) is 30.3 Å². The van der Waals surface area contributed by atoms with Gasteiger partial charge in [-0.25, -0.2) is 9.59 Å². The van der Waals surface area contributed by atoms with Gasteiger partial charge in [-0.3, -0.25) is 4.90 Å². The Morgan fingerprint density at radius 2 is 1.77 bits per heavy atom. The second-order valence-electron chi connectivity index (χ2n) is 8.26. The maximum atomic E-state index is 12.9. The molecule has 6 heteroatoms. The molecule has 6 nitrogen and oxygen atoms in total. The lowest BCUT2D eigenvalue weighted by molar-refractivity contribution is -0.0778. The van der Waals surface area contributed by atoms with Gasteiger partial charge < -0.3 is 14.7 Å². The highest BCUT2D eigenvalue weighted by Crippen LogP contribution is 2.64. The lowest BCUT2D eigenvalue weighted by Crippen LogP contribution is -2.71. The van der Waals surface area contributed by atoms with E-state index in [4.69, 9.17) is 4.74 Å². The Hall–Kier alpha value is -2.24. The van der Waals surface area contributed by atoms with Gasteiger partial charge in [-0.15, -0.1) is 0 Å². The number of ether oxygens (including phenoxy) is 1. The van der Waals surface area contributed by atoms with Crippen LogP contribution in [0.3, 0.4) is 0 Å². The predicted octanol–water partition coefficient (Wildman–Crippen LogP) is 2.97. The van der Waals surface area contributed by atoms with Crippen molar-refractivity contribution in [3.8, 4) is 0 Å². The summed E-state index contributed by atoms with van der Waals surface area (Å²) < 4.78 is 6.21. The molecule has 1 aromatic carbocycles. The van der Waals surface area contributed by atoms with Gasteiger partial charge in [0.1, 0.15) is 11.1 Å². The van der Waals surface area contributed by atoms with Gasteiger partial charge in [-0.05, 0) is 31.2 Å². The Morgan fingerprint density at radius 3 is 2.35 bits per heavy atom. The monoisotopic (exact) mass is 356 g/mol. The first-order valence-electron chi connectivity index (χ1n) is 9.59. The summed E-state index contributed by atoms with van der Waals surface area (Å²) >= 11 is 0. The summed E-state index contributed by atoms with van der Waals surface area (Å²) in [6.45, 7) is 1.11. The molecule has 0 spiro atoms. The number of fused-ring (bicyclic) bond motifs is 1. The van der Waals surface area contributed by atoms with E-state index in [1.54, 1.807) is 0 Å². The second-order valence-corrected chi connectivity index (χ2v) is 8.26. The van der Waals surface area contributed by atoms with Gasteiger partial charge in [0.15, 0.2) is 0 Å². The number of hydrogen-bond acceptors (Lipinski definition) is 3. The topological polar surface area (TPSA) is 70.1 Å². The van der Waals surface area contributed by atoms with Gasteiger partial charge in [0.2, 0.25) is 0 Å². The molecule has 0 radical (unpaired) electrons. The Labute approximate surface area is 152 Å². The summed E-state index contributed by atoms with van der Waals surface area (Å²) in [5.74, 6) is 0.725. The first-order valence-corrected chi connectivity index (χ1v) is 9.59. The zero-order valence-electron chi connectivity index (χ0n) is 14.8. The molecule has 0 aromatic heterocycles. The Balaban J connectivity index is 1.64. The third-order valence-electron chi connectivity index (χ3n) is 6.74. The van der Waals surface area contributed by atoms with Crippen molar-refractivity contribution in [1.29, 1.82) is 0 Å². The molecule has 4 aliphatic rings. The van der Waals surface area contributed by atoms with Crippen molar-refractivity contribution in [2.75, 3.05) is 19.6 Å². The summed E-state index contributed by atoms with van der Waals surface area (Å²) in [6.07, 6.45) is 3.78. The molecular weight excluding hydrogens is 332 g/mol. The highest BCUT2D eigenvalue weighted by atomic mass is 16.6. The number of carbonyl (C=O) groups is 2. The van der Waals surface area contributed by atoms with E-state index in [9.17, 15) is 14.7 Å². The molecule has 2 saturated carbocycles. The maximum Gasteiger partial charge on any atom is 0.411 e. The highest BCUT2D eigenvalue weighted by Gasteiger charge is 2.75. The largest absolute Gasteiger partial charge is 0.465 e. The van der Waals surface area contributed by atoms with E-state index < -0.39 is 17.2 Å². The summed E-state index contributed by atoms with van der Waals surface area (Å²) in [5.41, 5.74) is 0.00654. The van der Waals surface area contributed by atoms with E-state index in [0.29, 0.717) is 37.9 Å². The van der Waals surface area contributed by atoms with Crippen LogP contribution in [-0.4, -0.2) is 57.9 Å². The van der Waals surface area contributed by atoms with Gasteiger partial charge in [0.05, 0.1) is 6.54 Å². The summed E-state index contributed by atoms with van der Waals surface area (Å²) in [7, 11) is 0. The van der Waals surface area contributed by atoms with E-state index in [1.165, 1.54) is 4.90 Å². The fraction of sp³-hybridized carbons (Fsp3) is 0.600. The molecule has 1 atom stereocenters. The molecule has 2 saturated heterocycles. The van der Waals surface area contributed by atoms with Crippen LogP contribution < -0.4 is 0 Å². The highest BCUT2D eigenvalue weighted by molar-refractivity contribution is 5.75.